The zero-order chi connectivity index (χ0) is 23.6. The predicted octanol–water partition coefficient (Wildman–Crippen LogP) is 2.72. The van der Waals surface area contributed by atoms with E-state index in [2.05, 4.69) is 15.3 Å². The second-order valence-corrected chi connectivity index (χ2v) is 10.3. The maximum atomic E-state index is 13.0. The molecule has 0 amide bonds. The van der Waals surface area contributed by atoms with E-state index in [1.54, 1.807) is 12.1 Å². The Kier molecular flexibility index (Phi) is 6.78. The number of piperidine rings is 2. The fourth-order valence-corrected chi connectivity index (χ4v) is 5.47. The van der Waals surface area contributed by atoms with Gasteiger partial charge in [-0.15, -0.1) is 0 Å². The normalized spacial score (nSPS) is 19.6. The molecule has 12 heteroatoms. The summed E-state index contributed by atoms with van der Waals surface area (Å²) in [5, 5.41) is 12.7. The molecule has 0 unspecified atom stereocenters. The van der Waals surface area contributed by atoms with Crippen LogP contribution in [0.2, 0.25) is 0 Å². The van der Waals surface area contributed by atoms with Gasteiger partial charge in [-0.05, 0) is 49.9 Å². The number of aliphatic hydroxyl groups is 1. The van der Waals surface area contributed by atoms with E-state index in [4.69, 9.17) is 0 Å². The summed E-state index contributed by atoms with van der Waals surface area (Å²) in [6.45, 7) is 1.92. The molecule has 2 fully saturated rings. The number of aliphatic hydroxyl groups excluding tert-OH is 1. The number of pyridine rings is 2. The average molecular weight is 486 g/mol. The third-order valence-corrected chi connectivity index (χ3v) is 7.93. The van der Waals surface area contributed by atoms with Gasteiger partial charge < -0.3 is 15.3 Å². The summed E-state index contributed by atoms with van der Waals surface area (Å²) in [6, 6.07) is 5.41. The van der Waals surface area contributed by atoms with Gasteiger partial charge in [0.05, 0.1) is 11.7 Å². The standard InChI is InChI=1S/C21H26F3N5O3S/c22-21(23,24)15-1-3-19(25-13-15)27-16-5-11-29(12-6-16)33(31,32)18-2-4-20(26-14-18)28-9-7-17(30)8-10-28/h1-4,13-14,16-17,30H,5-12H2,(H,25,27). The highest BCUT2D eigenvalue weighted by Gasteiger charge is 2.32. The van der Waals surface area contributed by atoms with E-state index in [0.29, 0.717) is 50.4 Å². The van der Waals surface area contributed by atoms with Crippen LogP contribution in [0.5, 0.6) is 0 Å². The van der Waals surface area contributed by atoms with E-state index < -0.39 is 21.8 Å². The van der Waals surface area contributed by atoms with Crippen molar-refractivity contribution in [3.05, 3.63) is 42.2 Å². The van der Waals surface area contributed by atoms with Crippen molar-refractivity contribution in [2.45, 2.75) is 48.9 Å². The van der Waals surface area contributed by atoms with Gasteiger partial charge in [0, 0.05) is 44.6 Å². The lowest BCUT2D eigenvalue weighted by atomic mass is 10.1. The number of rotatable bonds is 5. The zero-order valence-corrected chi connectivity index (χ0v) is 18.7. The highest BCUT2D eigenvalue weighted by molar-refractivity contribution is 7.89. The van der Waals surface area contributed by atoms with Gasteiger partial charge in [0.15, 0.2) is 0 Å². The molecule has 2 aliphatic heterocycles. The quantitative estimate of drug-likeness (QED) is 0.672. The molecule has 2 aliphatic rings. The van der Waals surface area contributed by atoms with Crippen LogP contribution in [-0.2, 0) is 16.2 Å². The van der Waals surface area contributed by atoms with E-state index in [1.807, 2.05) is 4.90 Å². The largest absolute Gasteiger partial charge is 0.417 e. The van der Waals surface area contributed by atoms with Crippen LogP contribution in [-0.4, -0.2) is 66.1 Å². The van der Waals surface area contributed by atoms with Gasteiger partial charge in [-0.25, -0.2) is 18.4 Å². The second kappa shape index (κ2) is 9.43. The first-order chi connectivity index (χ1) is 15.6. The number of alkyl halides is 3. The minimum Gasteiger partial charge on any atom is -0.393 e. The Morgan fingerprint density at radius 1 is 0.939 bits per heavy atom. The smallest absolute Gasteiger partial charge is 0.393 e. The van der Waals surface area contributed by atoms with Gasteiger partial charge in [0.1, 0.15) is 16.5 Å². The molecule has 4 rings (SSSR count). The Hall–Kier alpha value is -2.44. The van der Waals surface area contributed by atoms with Crippen molar-refractivity contribution < 1.29 is 26.7 Å². The van der Waals surface area contributed by atoms with Gasteiger partial charge in [-0.3, -0.25) is 0 Å². The molecule has 2 aromatic heterocycles. The molecule has 0 aromatic carbocycles. The SMILES string of the molecule is O=S(=O)(c1ccc(N2CCC(O)CC2)nc1)N1CCC(Nc2ccc(C(F)(F)F)cn2)CC1. The topological polar surface area (TPSA) is 98.7 Å². The molecule has 33 heavy (non-hydrogen) atoms. The van der Waals surface area contributed by atoms with Gasteiger partial charge in [-0.1, -0.05) is 0 Å². The van der Waals surface area contributed by atoms with Crippen LogP contribution >= 0.6 is 0 Å². The number of nitrogens with one attached hydrogen (secondary N) is 1. The molecule has 0 saturated carbocycles. The number of hydrogen-bond donors (Lipinski definition) is 2. The fourth-order valence-electron chi connectivity index (χ4n) is 4.05. The fraction of sp³-hybridized carbons (Fsp3) is 0.524. The Labute approximate surface area is 190 Å². The maximum absolute atomic E-state index is 13.0. The molecule has 0 atom stereocenters. The van der Waals surface area contributed by atoms with Gasteiger partial charge in [-0.2, -0.15) is 17.5 Å². The highest BCUT2D eigenvalue weighted by Crippen LogP contribution is 2.29. The van der Waals surface area contributed by atoms with E-state index in [1.165, 1.54) is 16.6 Å². The molecular formula is C21H26F3N5O3S. The van der Waals surface area contributed by atoms with E-state index >= 15 is 0 Å². The summed E-state index contributed by atoms with van der Waals surface area (Å²) in [6.07, 6.45) is -0.258. The van der Waals surface area contributed by atoms with Gasteiger partial charge in [0.25, 0.3) is 0 Å². The minimum absolute atomic E-state index is 0.0874. The minimum atomic E-state index is -4.44. The lowest BCUT2D eigenvalue weighted by molar-refractivity contribution is -0.137. The molecule has 4 heterocycles. The average Bonchev–Trinajstić information content (AvgIpc) is 2.80. The van der Waals surface area contributed by atoms with Crippen LogP contribution in [0.15, 0.2) is 41.6 Å². The molecule has 2 N–H and O–H groups in total. The van der Waals surface area contributed by atoms with Crippen molar-refractivity contribution in [3.63, 3.8) is 0 Å². The number of anilines is 2. The predicted molar refractivity (Wildman–Crippen MR) is 116 cm³/mol. The first-order valence-corrected chi connectivity index (χ1v) is 12.3. The van der Waals surface area contributed by atoms with Crippen LogP contribution in [0, 0.1) is 0 Å². The highest BCUT2D eigenvalue weighted by atomic mass is 32.2. The van der Waals surface area contributed by atoms with Crippen LogP contribution < -0.4 is 10.2 Å². The summed E-state index contributed by atoms with van der Waals surface area (Å²) < 4.78 is 65.4. The molecule has 0 bridgehead atoms. The van der Waals surface area contributed by atoms with Crippen molar-refractivity contribution in [3.8, 4) is 0 Å². The number of aromatic nitrogens is 2. The lowest BCUT2D eigenvalue weighted by Crippen LogP contribution is -2.42. The molecular weight excluding hydrogens is 459 g/mol. The number of hydrogen-bond acceptors (Lipinski definition) is 7. The van der Waals surface area contributed by atoms with Crippen LogP contribution in [0.3, 0.4) is 0 Å². The monoisotopic (exact) mass is 485 g/mol. The number of sulfonamides is 1. The van der Waals surface area contributed by atoms with Crippen molar-refractivity contribution in [2.24, 2.45) is 0 Å². The lowest BCUT2D eigenvalue weighted by Gasteiger charge is -2.32. The van der Waals surface area contributed by atoms with Crippen LogP contribution in [0.4, 0.5) is 24.8 Å². The van der Waals surface area contributed by atoms with E-state index in [9.17, 15) is 26.7 Å². The van der Waals surface area contributed by atoms with Gasteiger partial charge >= 0.3 is 6.18 Å². The first-order valence-electron chi connectivity index (χ1n) is 10.8. The summed E-state index contributed by atoms with van der Waals surface area (Å²) in [4.78, 5) is 10.3. The molecule has 8 nitrogen and oxygen atoms in total. The second-order valence-electron chi connectivity index (χ2n) is 8.32. The van der Waals surface area contributed by atoms with Crippen molar-refractivity contribution in [1.29, 1.82) is 0 Å². The summed E-state index contributed by atoms with van der Waals surface area (Å²) in [5.41, 5.74) is -0.813. The first kappa shape index (κ1) is 23.7. The van der Waals surface area contributed by atoms with Crippen LogP contribution in [0.25, 0.3) is 0 Å². The van der Waals surface area contributed by atoms with Crippen molar-refractivity contribution >= 4 is 21.7 Å². The maximum Gasteiger partial charge on any atom is 0.417 e. The third-order valence-electron chi connectivity index (χ3n) is 6.04. The Bertz CT molecular complexity index is 1030. The van der Waals surface area contributed by atoms with Crippen molar-refractivity contribution in [2.75, 3.05) is 36.4 Å². The molecule has 0 aliphatic carbocycles. The molecule has 2 saturated heterocycles. The zero-order valence-electron chi connectivity index (χ0n) is 17.9. The van der Waals surface area contributed by atoms with E-state index in [-0.39, 0.29) is 30.1 Å². The molecule has 2 aromatic rings. The Balaban J connectivity index is 1.33. The summed E-state index contributed by atoms with van der Waals surface area (Å²) in [7, 11) is -3.69. The Morgan fingerprint density at radius 3 is 2.18 bits per heavy atom. The van der Waals surface area contributed by atoms with Gasteiger partial charge in [0.2, 0.25) is 10.0 Å². The third kappa shape index (κ3) is 5.56. The number of halogens is 3. The Morgan fingerprint density at radius 2 is 1.64 bits per heavy atom. The number of nitrogens with zero attached hydrogens (tertiary/aromatic N) is 4. The molecule has 0 spiro atoms. The van der Waals surface area contributed by atoms with E-state index in [0.717, 1.165) is 12.3 Å². The van der Waals surface area contributed by atoms with Crippen molar-refractivity contribution in [1.82, 2.24) is 14.3 Å². The van der Waals surface area contributed by atoms with Crippen LogP contribution in [0.1, 0.15) is 31.2 Å². The molecule has 0 radical (unpaired) electrons. The molecule has 180 valence electrons. The summed E-state index contributed by atoms with van der Waals surface area (Å²) >= 11 is 0. The summed E-state index contributed by atoms with van der Waals surface area (Å²) in [5.74, 6) is 1.02.